The fourth-order valence-electron chi connectivity index (χ4n) is 4.96. The van der Waals surface area contributed by atoms with Gasteiger partial charge in [-0.25, -0.2) is 0 Å². The standard InChI is InChI=1S/C28H44N4O9.Gd/c1-2-41-23-9-7-22(8-10-23)5-3-4-6-24(28(39)40)32-17-15-30(20-26(35)36)13-11-29(19-25(33)34)12-14-31(16-18-32)21-27(37)38;/h7-10,24H,2-6,11-21H2,1H3,(H,33,34)(H,35,36)(H,37,38)(H,39,40);/t24-;/m0./s1. The molecule has 14 heteroatoms. The largest absolute Gasteiger partial charge is 0.494 e. The average molecular weight is 738 g/mol. The van der Waals surface area contributed by atoms with Crippen molar-refractivity contribution in [1.29, 1.82) is 0 Å². The number of rotatable bonds is 15. The van der Waals surface area contributed by atoms with E-state index in [4.69, 9.17) is 4.74 Å². The minimum Gasteiger partial charge on any atom is -0.494 e. The summed E-state index contributed by atoms with van der Waals surface area (Å²) in [7, 11) is 0. The molecule has 1 aromatic carbocycles. The third-order valence-electron chi connectivity index (χ3n) is 7.10. The van der Waals surface area contributed by atoms with Crippen LogP contribution in [0.15, 0.2) is 24.3 Å². The van der Waals surface area contributed by atoms with Crippen LogP contribution < -0.4 is 4.74 Å². The molecule has 4 N–H and O–H groups in total. The van der Waals surface area contributed by atoms with E-state index in [9.17, 15) is 39.6 Å². The number of hydrogen-bond donors (Lipinski definition) is 4. The first-order valence-electron chi connectivity index (χ1n) is 14.1. The zero-order chi connectivity index (χ0) is 30.2. The number of carboxylic acid groups (broad SMARTS) is 4. The van der Waals surface area contributed by atoms with Gasteiger partial charge in [0.25, 0.3) is 0 Å². The third-order valence-corrected chi connectivity index (χ3v) is 7.10. The van der Waals surface area contributed by atoms with Crippen LogP contribution in [0.25, 0.3) is 0 Å². The molecule has 1 fully saturated rings. The van der Waals surface area contributed by atoms with Crippen molar-refractivity contribution in [2.24, 2.45) is 0 Å². The monoisotopic (exact) mass is 738 g/mol. The van der Waals surface area contributed by atoms with Gasteiger partial charge in [-0.05, 0) is 43.9 Å². The van der Waals surface area contributed by atoms with Gasteiger partial charge in [-0.15, -0.1) is 0 Å². The summed E-state index contributed by atoms with van der Waals surface area (Å²) in [4.78, 5) is 53.5. The van der Waals surface area contributed by atoms with E-state index in [2.05, 4.69) is 0 Å². The van der Waals surface area contributed by atoms with E-state index in [0.717, 1.165) is 24.2 Å². The first-order valence-corrected chi connectivity index (χ1v) is 14.1. The smallest absolute Gasteiger partial charge is 0.320 e. The Bertz CT molecular complexity index is 951. The zero-order valence-corrected chi connectivity index (χ0v) is 26.4. The Morgan fingerprint density at radius 1 is 0.714 bits per heavy atom. The average Bonchev–Trinajstić information content (AvgIpc) is 2.89. The molecule has 0 unspecified atom stereocenters. The molecule has 0 amide bonds. The second-order valence-electron chi connectivity index (χ2n) is 10.2. The van der Waals surface area contributed by atoms with E-state index in [1.165, 1.54) is 0 Å². The second-order valence-corrected chi connectivity index (χ2v) is 10.2. The molecule has 1 heterocycles. The number of aliphatic carboxylic acids is 4. The SMILES string of the molecule is CCOc1ccc(CCCC[C@@H](C(=O)O)N2CCN(CC(=O)O)CCN(CC(=O)O)CCN(CC(=O)O)CC2)cc1.[Gd]. The van der Waals surface area contributed by atoms with E-state index < -0.39 is 29.9 Å². The minimum atomic E-state index is -1.02. The Kier molecular flexibility index (Phi) is 18.9. The summed E-state index contributed by atoms with van der Waals surface area (Å²) in [6.07, 6.45) is 2.66. The minimum absolute atomic E-state index is 0. The van der Waals surface area contributed by atoms with Gasteiger partial charge >= 0.3 is 23.9 Å². The zero-order valence-electron chi connectivity index (χ0n) is 24.2. The number of ether oxygens (including phenoxy) is 1. The van der Waals surface area contributed by atoms with Gasteiger partial charge in [0, 0.05) is 92.3 Å². The summed E-state index contributed by atoms with van der Waals surface area (Å²) >= 11 is 0. The maximum atomic E-state index is 12.4. The molecule has 13 nitrogen and oxygen atoms in total. The van der Waals surface area contributed by atoms with Gasteiger partial charge in [0.2, 0.25) is 0 Å². The van der Waals surface area contributed by atoms with Gasteiger partial charge in [0.15, 0.2) is 0 Å². The van der Waals surface area contributed by atoms with E-state index in [0.29, 0.717) is 19.4 Å². The number of aryl methyl sites for hydroxylation is 1. The molecule has 0 spiro atoms. The summed E-state index contributed by atoms with van der Waals surface area (Å²) in [6.45, 7) is 4.04. The van der Waals surface area contributed by atoms with Crippen LogP contribution in [-0.2, 0) is 25.6 Å². The topological polar surface area (TPSA) is 171 Å². The molecule has 0 radical (unpaired) electrons. The molecule has 238 valence electrons. The van der Waals surface area contributed by atoms with Crippen molar-refractivity contribution in [2.45, 2.75) is 38.6 Å². The van der Waals surface area contributed by atoms with Gasteiger partial charge in [-0.2, -0.15) is 0 Å². The molecule has 0 saturated carbocycles. The summed E-state index contributed by atoms with van der Waals surface area (Å²) in [5.41, 5.74) is 1.14. The maximum absolute atomic E-state index is 12.4. The van der Waals surface area contributed by atoms with Crippen molar-refractivity contribution >= 4 is 23.9 Å². The van der Waals surface area contributed by atoms with Crippen LogP contribution in [0.2, 0.25) is 0 Å². The van der Waals surface area contributed by atoms with Gasteiger partial charge < -0.3 is 25.2 Å². The van der Waals surface area contributed by atoms with Crippen LogP contribution in [0, 0.1) is 39.9 Å². The molecule has 1 aromatic rings. The normalized spacial score (nSPS) is 17.3. The summed E-state index contributed by atoms with van der Waals surface area (Å²) in [5.74, 6) is -3.23. The summed E-state index contributed by atoms with van der Waals surface area (Å²) in [6, 6.07) is 7.04. The van der Waals surface area contributed by atoms with Gasteiger partial charge in [-0.1, -0.05) is 18.6 Å². The first kappa shape index (κ1) is 38.1. The van der Waals surface area contributed by atoms with Crippen LogP contribution >= 0.6 is 0 Å². The number of hydrogen-bond acceptors (Lipinski definition) is 9. The second kappa shape index (κ2) is 20.9. The van der Waals surface area contributed by atoms with Crippen molar-refractivity contribution in [1.82, 2.24) is 19.6 Å². The Labute approximate surface area is 279 Å². The molecule has 1 atom stereocenters. The first-order chi connectivity index (χ1) is 19.6. The third kappa shape index (κ3) is 15.5. The predicted octanol–water partition coefficient (Wildman–Crippen LogP) is 0.727. The van der Waals surface area contributed by atoms with Gasteiger partial charge in [0.1, 0.15) is 11.8 Å². The fourth-order valence-corrected chi connectivity index (χ4v) is 4.96. The Morgan fingerprint density at radius 3 is 1.52 bits per heavy atom. The summed E-state index contributed by atoms with van der Waals surface area (Å²) in [5, 5.41) is 38.2. The number of unbranched alkanes of at least 4 members (excludes halogenated alkanes) is 1. The van der Waals surface area contributed by atoms with Crippen molar-refractivity contribution in [3.8, 4) is 5.75 Å². The van der Waals surface area contributed by atoms with Crippen molar-refractivity contribution in [3.63, 3.8) is 0 Å². The number of carbonyl (C=O) groups is 4. The molecule has 1 aliphatic rings. The Hall–Kier alpha value is -1.94. The van der Waals surface area contributed by atoms with Crippen molar-refractivity contribution in [3.05, 3.63) is 29.8 Å². The molecule has 0 aromatic heterocycles. The molecule has 0 bridgehead atoms. The van der Waals surface area contributed by atoms with E-state index >= 15 is 0 Å². The molecule has 1 saturated heterocycles. The van der Waals surface area contributed by atoms with Crippen LogP contribution in [-0.4, -0.2) is 149 Å². The Morgan fingerprint density at radius 2 is 1.14 bits per heavy atom. The van der Waals surface area contributed by atoms with Crippen molar-refractivity contribution in [2.75, 3.05) is 78.6 Å². The number of benzene rings is 1. The van der Waals surface area contributed by atoms with Gasteiger partial charge in [-0.3, -0.25) is 38.8 Å². The predicted molar refractivity (Wildman–Crippen MR) is 150 cm³/mol. The fraction of sp³-hybridized carbons (Fsp3) is 0.643. The Balaban J connectivity index is 0.00000882. The molecule has 0 aliphatic carbocycles. The van der Waals surface area contributed by atoms with E-state index in [-0.39, 0.29) is 112 Å². The molecular weight excluding hydrogens is 694 g/mol. The number of carboxylic acids is 4. The molecule has 2 rings (SSSR count). The summed E-state index contributed by atoms with van der Waals surface area (Å²) < 4.78 is 5.47. The molecule has 42 heavy (non-hydrogen) atoms. The quantitative estimate of drug-likeness (QED) is 0.186. The van der Waals surface area contributed by atoms with Crippen LogP contribution in [0.4, 0.5) is 0 Å². The number of nitrogens with zero attached hydrogens (tertiary/aromatic N) is 4. The molecule has 1 aliphatic heterocycles. The van der Waals surface area contributed by atoms with Crippen molar-refractivity contribution < 1.29 is 84.3 Å². The van der Waals surface area contributed by atoms with E-state index in [1.54, 1.807) is 19.6 Å². The van der Waals surface area contributed by atoms with Gasteiger partial charge in [0.05, 0.1) is 26.2 Å². The van der Waals surface area contributed by atoms with Crippen LogP contribution in [0.5, 0.6) is 5.75 Å². The maximum Gasteiger partial charge on any atom is 0.320 e. The molecular formula is C28H44GdN4O9. The van der Waals surface area contributed by atoms with E-state index in [1.807, 2.05) is 31.2 Å². The van der Waals surface area contributed by atoms with Crippen LogP contribution in [0.3, 0.4) is 0 Å². The van der Waals surface area contributed by atoms with Crippen LogP contribution in [0.1, 0.15) is 31.7 Å².